The molecule has 4 rings (SSSR count). The molecule has 4 N–H and O–H groups in total. The lowest BCUT2D eigenvalue weighted by atomic mass is 10.1. The van der Waals surface area contributed by atoms with Crippen LogP contribution >= 0.6 is 0 Å². The normalized spacial score (nSPS) is 11.5. The van der Waals surface area contributed by atoms with Gasteiger partial charge in [-0.25, -0.2) is 18.9 Å². The smallest absolute Gasteiger partial charge is 0.396 e. The summed E-state index contributed by atoms with van der Waals surface area (Å²) < 4.78 is 54.2. The lowest BCUT2D eigenvalue weighted by Gasteiger charge is -2.12. The highest BCUT2D eigenvalue weighted by atomic mass is 19.4. The first kappa shape index (κ1) is 26.8. The highest BCUT2D eigenvalue weighted by Gasteiger charge is 2.31. The Kier molecular flexibility index (Phi) is 8.05. The van der Waals surface area contributed by atoms with E-state index < -0.39 is 29.3 Å². The van der Waals surface area contributed by atoms with E-state index >= 15 is 0 Å². The summed E-state index contributed by atoms with van der Waals surface area (Å²) in [7, 11) is 1.76. The lowest BCUT2D eigenvalue weighted by Crippen LogP contribution is -2.20. The maximum absolute atomic E-state index is 13.9. The van der Waals surface area contributed by atoms with Gasteiger partial charge in [0.1, 0.15) is 11.5 Å². The number of unbranched alkanes of at least 4 members (excludes halogenated alkanes) is 2. The first-order valence-corrected chi connectivity index (χ1v) is 11.8. The predicted octanol–water partition coefficient (Wildman–Crippen LogP) is 5.41. The molecular formula is C25H25F4N7O2. The van der Waals surface area contributed by atoms with Gasteiger partial charge in [-0.2, -0.15) is 23.3 Å². The molecular weight excluding hydrogens is 506 g/mol. The van der Waals surface area contributed by atoms with Gasteiger partial charge in [0.15, 0.2) is 5.65 Å². The number of hydrogen-bond donors (Lipinski definition) is 4. The van der Waals surface area contributed by atoms with Gasteiger partial charge in [-0.15, -0.1) is 0 Å². The summed E-state index contributed by atoms with van der Waals surface area (Å²) in [6.07, 6.45) is -0.470. The van der Waals surface area contributed by atoms with Gasteiger partial charge in [0, 0.05) is 37.6 Å². The second-order valence-electron chi connectivity index (χ2n) is 8.46. The Morgan fingerprint density at radius 2 is 1.82 bits per heavy atom. The van der Waals surface area contributed by atoms with E-state index in [4.69, 9.17) is 5.11 Å². The van der Waals surface area contributed by atoms with Crippen LogP contribution in [0.15, 0.2) is 48.7 Å². The van der Waals surface area contributed by atoms with Crippen LogP contribution in [0.1, 0.15) is 24.8 Å². The number of aryl methyl sites for hydroxylation is 1. The van der Waals surface area contributed by atoms with Gasteiger partial charge in [0.05, 0.1) is 16.6 Å². The fraction of sp³-hybridized carbons (Fsp3) is 0.280. The molecule has 0 aliphatic rings. The number of hydrogen-bond acceptors (Lipinski definition) is 6. The summed E-state index contributed by atoms with van der Waals surface area (Å²) >= 11 is 0. The van der Waals surface area contributed by atoms with Crippen LogP contribution in [0.25, 0.3) is 22.3 Å². The van der Waals surface area contributed by atoms with Crippen LogP contribution in [0.2, 0.25) is 0 Å². The molecule has 0 aliphatic carbocycles. The molecule has 0 bridgehead atoms. The maximum Gasteiger partial charge on any atom is 0.416 e. The van der Waals surface area contributed by atoms with E-state index in [1.807, 2.05) is 0 Å². The van der Waals surface area contributed by atoms with E-state index in [0.717, 1.165) is 30.2 Å². The third-order valence-corrected chi connectivity index (χ3v) is 5.66. The summed E-state index contributed by atoms with van der Waals surface area (Å²) in [6, 6.07) is 7.45. The van der Waals surface area contributed by atoms with Crippen molar-refractivity contribution in [1.29, 1.82) is 0 Å². The maximum atomic E-state index is 13.9. The molecule has 38 heavy (non-hydrogen) atoms. The largest absolute Gasteiger partial charge is 0.416 e. The number of aliphatic hydroxyl groups excluding tert-OH is 1. The monoisotopic (exact) mass is 531 g/mol. The van der Waals surface area contributed by atoms with Crippen molar-refractivity contribution in [2.24, 2.45) is 7.05 Å². The molecule has 13 heteroatoms. The summed E-state index contributed by atoms with van der Waals surface area (Å²) in [4.78, 5) is 21.2. The molecule has 200 valence electrons. The lowest BCUT2D eigenvalue weighted by molar-refractivity contribution is -0.137. The number of anilines is 3. The number of benzene rings is 2. The van der Waals surface area contributed by atoms with Gasteiger partial charge < -0.3 is 21.1 Å². The van der Waals surface area contributed by atoms with Crippen molar-refractivity contribution in [1.82, 2.24) is 19.7 Å². The third kappa shape index (κ3) is 6.35. The Bertz CT molecular complexity index is 1420. The van der Waals surface area contributed by atoms with Crippen LogP contribution in [0.4, 0.5) is 39.7 Å². The number of aromatic nitrogens is 4. The van der Waals surface area contributed by atoms with Crippen molar-refractivity contribution in [3.8, 4) is 11.3 Å². The molecule has 2 aromatic heterocycles. The zero-order valence-corrected chi connectivity index (χ0v) is 20.3. The van der Waals surface area contributed by atoms with Gasteiger partial charge in [0.25, 0.3) is 0 Å². The van der Waals surface area contributed by atoms with Gasteiger partial charge >= 0.3 is 12.2 Å². The third-order valence-electron chi connectivity index (χ3n) is 5.66. The zero-order chi connectivity index (χ0) is 27.3. The number of halogens is 4. The van der Waals surface area contributed by atoms with Crippen LogP contribution < -0.4 is 16.0 Å². The van der Waals surface area contributed by atoms with Crippen LogP contribution in [-0.4, -0.2) is 44.0 Å². The van der Waals surface area contributed by atoms with Crippen molar-refractivity contribution in [3.63, 3.8) is 0 Å². The van der Waals surface area contributed by atoms with Crippen LogP contribution in [0.3, 0.4) is 0 Å². The van der Waals surface area contributed by atoms with E-state index in [2.05, 4.69) is 31.0 Å². The standard InChI is InChI=1S/C25H25F4N7O2/c1-36-22-18(14-31-23(34-22)30-11-3-2-4-12-37)21(35-36)15-5-8-17(9-6-15)32-24(38)33-20-13-16(25(27,28)29)7-10-19(20)26/h5-10,13-14,37H,2-4,11-12H2,1H3,(H,30,31,34)(H2,32,33,38). The van der Waals surface area contributed by atoms with Gasteiger partial charge in [-0.05, 0) is 49.6 Å². The summed E-state index contributed by atoms with van der Waals surface area (Å²) in [5, 5.41) is 21.8. The molecule has 2 heterocycles. The van der Waals surface area contributed by atoms with E-state index in [1.54, 1.807) is 42.2 Å². The Hall–Kier alpha value is -4.26. The van der Waals surface area contributed by atoms with E-state index in [-0.39, 0.29) is 6.61 Å². The molecule has 2 amide bonds. The fourth-order valence-electron chi connectivity index (χ4n) is 3.74. The Balaban J connectivity index is 1.43. The Morgan fingerprint density at radius 1 is 1.05 bits per heavy atom. The predicted molar refractivity (Wildman–Crippen MR) is 135 cm³/mol. The molecule has 0 fully saturated rings. The number of urea groups is 1. The number of fused-ring (bicyclic) bond motifs is 1. The molecule has 0 unspecified atom stereocenters. The molecule has 0 spiro atoms. The van der Waals surface area contributed by atoms with Crippen molar-refractivity contribution in [2.45, 2.75) is 25.4 Å². The second kappa shape index (κ2) is 11.4. The van der Waals surface area contributed by atoms with Crippen molar-refractivity contribution in [3.05, 3.63) is 60.0 Å². The molecule has 4 aromatic rings. The number of nitrogens with one attached hydrogen (secondary N) is 3. The van der Waals surface area contributed by atoms with E-state index in [9.17, 15) is 22.4 Å². The van der Waals surface area contributed by atoms with Gasteiger partial charge in [0.2, 0.25) is 5.95 Å². The highest BCUT2D eigenvalue weighted by molar-refractivity contribution is 6.00. The summed E-state index contributed by atoms with van der Waals surface area (Å²) in [5.41, 5.74) is 0.636. The number of carbonyl (C=O) groups excluding carboxylic acids is 1. The SMILES string of the molecule is Cn1nc(-c2ccc(NC(=O)Nc3cc(C(F)(F)F)ccc3F)cc2)c2cnc(NCCCCCO)nc21. The Morgan fingerprint density at radius 3 is 2.53 bits per heavy atom. The minimum atomic E-state index is -4.67. The molecule has 0 atom stereocenters. The van der Waals surface area contributed by atoms with Crippen molar-refractivity contribution >= 4 is 34.4 Å². The van der Waals surface area contributed by atoms with Crippen molar-refractivity contribution in [2.75, 3.05) is 29.1 Å². The molecule has 0 saturated carbocycles. The fourth-order valence-corrected chi connectivity index (χ4v) is 3.74. The number of rotatable bonds is 9. The van der Waals surface area contributed by atoms with Crippen LogP contribution in [0, 0.1) is 5.82 Å². The number of nitrogens with zero attached hydrogens (tertiary/aromatic N) is 4. The molecule has 0 aliphatic heterocycles. The highest BCUT2D eigenvalue weighted by Crippen LogP contribution is 2.32. The molecule has 0 saturated heterocycles. The topological polar surface area (TPSA) is 117 Å². The number of aliphatic hydroxyl groups is 1. The average molecular weight is 532 g/mol. The summed E-state index contributed by atoms with van der Waals surface area (Å²) in [5.74, 6) is -0.522. The van der Waals surface area contributed by atoms with Gasteiger partial charge in [-0.3, -0.25) is 0 Å². The first-order valence-electron chi connectivity index (χ1n) is 11.8. The van der Waals surface area contributed by atoms with Crippen LogP contribution in [-0.2, 0) is 13.2 Å². The second-order valence-corrected chi connectivity index (χ2v) is 8.46. The van der Waals surface area contributed by atoms with E-state index in [1.165, 1.54) is 0 Å². The zero-order valence-electron chi connectivity index (χ0n) is 20.3. The minimum Gasteiger partial charge on any atom is -0.396 e. The van der Waals surface area contributed by atoms with Crippen molar-refractivity contribution < 1.29 is 27.5 Å². The average Bonchev–Trinajstić information content (AvgIpc) is 3.20. The Labute approximate surface area is 214 Å². The molecule has 2 aromatic carbocycles. The van der Waals surface area contributed by atoms with E-state index in [0.29, 0.717) is 47.7 Å². The van der Waals surface area contributed by atoms with Gasteiger partial charge in [-0.1, -0.05) is 12.1 Å². The summed E-state index contributed by atoms with van der Waals surface area (Å²) in [6.45, 7) is 0.850. The first-order chi connectivity index (χ1) is 18.2. The quantitative estimate of drug-likeness (QED) is 0.170. The number of alkyl halides is 3. The molecule has 9 nitrogen and oxygen atoms in total. The van der Waals surface area contributed by atoms with Crippen LogP contribution in [0.5, 0.6) is 0 Å². The molecule has 0 radical (unpaired) electrons. The minimum absolute atomic E-state index is 0.171. The number of carbonyl (C=O) groups is 1. The number of amides is 2.